The molecule has 1 aliphatic heterocycles. The van der Waals surface area contributed by atoms with Gasteiger partial charge in [-0.15, -0.1) is 0 Å². The van der Waals surface area contributed by atoms with Crippen molar-refractivity contribution in [3.63, 3.8) is 0 Å². The number of hydrogen-bond acceptors (Lipinski definition) is 3. The van der Waals surface area contributed by atoms with E-state index in [2.05, 4.69) is 0 Å². The zero-order valence-electron chi connectivity index (χ0n) is 10.4. The van der Waals surface area contributed by atoms with E-state index in [4.69, 9.17) is 9.47 Å². The molecule has 0 amide bonds. The summed E-state index contributed by atoms with van der Waals surface area (Å²) in [6, 6.07) is 15.0. The van der Waals surface area contributed by atoms with E-state index < -0.39 is 0 Å². The van der Waals surface area contributed by atoms with Crippen LogP contribution in [0.25, 0.3) is 11.8 Å². The fourth-order valence-corrected chi connectivity index (χ4v) is 2.04. The molecule has 1 heterocycles. The van der Waals surface area contributed by atoms with Gasteiger partial charge in [-0.3, -0.25) is 0 Å². The molecule has 0 atom stereocenters. The second-order valence-corrected chi connectivity index (χ2v) is 4.22. The minimum absolute atomic E-state index is 0.296. The van der Waals surface area contributed by atoms with Crippen LogP contribution >= 0.6 is 0 Å². The van der Waals surface area contributed by atoms with Crippen LogP contribution in [0.5, 0.6) is 5.75 Å². The first-order valence-electron chi connectivity index (χ1n) is 5.95. The average Bonchev–Trinajstić information content (AvgIpc) is 2.77. The molecule has 0 aliphatic carbocycles. The summed E-state index contributed by atoms with van der Waals surface area (Å²) in [5.41, 5.74) is 2.41. The molecule has 0 saturated carbocycles. The Labute approximate surface area is 111 Å². The normalized spacial score (nSPS) is 15.2. The minimum Gasteiger partial charge on any atom is -0.497 e. The number of cyclic esters (lactones) is 1. The largest absolute Gasteiger partial charge is 0.497 e. The van der Waals surface area contributed by atoms with Crippen molar-refractivity contribution in [1.29, 1.82) is 0 Å². The number of ether oxygens (including phenoxy) is 2. The molecule has 0 unspecified atom stereocenters. The average molecular weight is 252 g/mol. The maximum absolute atomic E-state index is 11.7. The molecular weight excluding hydrogens is 240 g/mol. The monoisotopic (exact) mass is 252 g/mol. The number of rotatable bonds is 2. The van der Waals surface area contributed by atoms with E-state index in [9.17, 15) is 4.79 Å². The van der Waals surface area contributed by atoms with Gasteiger partial charge in [0.2, 0.25) is 0 Å². The highest BCUT2D eigenvalue weighted by molar-refractivity contribution is 6.05. The number of esters is 1. The summed E-state index contributed by atoms with van der Waals surface area (Å²) in [6.45, 7) is 0. The zero-order valence-corrected chi connectivity index (χ0v) is 10.4. The number of methoxy groups -OCH3 is 1. The highest BCUT2D eigenvalue weighted by atomic mass is 16.5. The van der Waals surface area contributed by atoms with Crippen LogP contribution in [0.2, 0.25) is 0 Å². The predicted octanol–water partition coefficient (Wildman–Crippen LogP) is 3.36. The van der Waals surface area contributed by atoms with E-state index >= 15 is 0 Å². The SMILES string of the molecule is COc1ccc(/C=C2/OC(=O)c3ccccc32)cc1. The molecule has 19 heavy (non-hydrogen) atoms. The van der Waals surface area contributed by atoms with Gasteiger partial charge < -0.3 is 9.47 Å². The molecule has 0 spiro atoms. The Bertz CT molecular complexity index is 654. The van der Waals surface area contributed by atoms with Crippen molar-refractivity contribution in [3.8, 4) is 5.75 Å². The molecule has 0 saturated heterocycles. The fourth-order valence-electron chi connectivity index (χ4n) is 2.04. The first kappa shape index (κ1) is 11.5. The lowest BCUT2D eigenvalue weighted by Gasteiger charge is -2.01. The summed E-state index contributed by atoms with van der Waals surface area (Å²) in [4.78, 5) is 11.7. The minimum atomic E-state index is -0.296. The lowest BCUT2D eigenvalue weighted by Crippen LogP contribution is -1.92. The first-order valence-corrected chi connectivity index (χ1v) is 5.95. The van der Waals surface area contributed by atoms with Crippen molar-refractivity contribution in [2.45, 2.75) is 0 Å². The maximum Gasteiger partial charge on any atom is 0.344 e. The van der Waals surface area contributed by atoms with Gasteiger partial charge in [-0.1, -0.05) is 30.3 Å². The first-order chi connectivity index (χ1) is 9.28. The Kier molecular flexibility index (Phi) is 2.80. The maximum atomic E-state index is 11.7. The van der Waals surface area contributed by atoms with Gasteiger partial charge >= 0.3 is 5.97 Å². The summed E-state index contributed by atoms with van der Waals surface area (Å²) >= 11 is 0. The van der Waals surface area contributed by atoms with E-state index in [0.29, 0.717) is 11.3 Å². The Balaban J connectivity index is 1.98. The van der Waals surface area contributed by atoms with E-state index in [-0.39, 0.29) is 5.97 Å². The predicted molar refractivity (Wildman–Crippen MR) is 72.7 cm³/mol. The molecule has 2 aromatic rings. The van der Waals surface area contributed by atoms with Crippen LogP contribution in [0.4, 0.5) is 0 Å². The molecule has 3 heteroatoms. The van der Waals surface area contributed by atoms with Gasteiger partial charge in [-0.25, -0.2) is 4.79 Å². The van der Waals surface area contributed by atoms with E-state index in [0.717, 1.165) is 16.9 Å². The summed E-state index contributed by atoms with van der Waals surface area (Å²) in [5.74, 6) is 1.09. The molecule has 3 nitrogen and oxygen atoms in total. The third-order valence-corrected chi connectivity index (χ3v) is 3.03. The standard InChI is InChI=1S/C16H12O3/c1-18-12-8-6-11(7-9-12)10-15-13-4-2-3-5-14(13)16(17)19-15/h2-10H,1H3/b15-10+. The van der Waals surface area contributed by atoms with Crippen molar-refractivity contribution in [3.05, 3.63) is 65.2 Å². The third kappa shape index (κ3) is 2.10. The summed E-state index contributed by atoms with van der Waals surface area (Å²) < 4.78 is 10.4. The molecular formula is C16H12O3. The summed E-state index contributed by atoms with van der Waals surface area (Å²) in [7, 11) is 1.63. The molecule has 0 fully saturated rings. The fraction of sp³-hybridized carbons (Fsp3) is 0.0625. The smallest absolute Gasteiger partial charge is 0.344 e. The van der Waals surface area contributed by atoms with Crippen LogP contribution in [-0.4, -0.2) is 13.1 Å². The van der Waals surface area contributed by atoms with Crippen LogP contribution in [-0.2, 0) is 4.74 Å². The van der Waals surface area contributed by atoms with E-state index in [1.807, 2.05) is 48.5 Å². The number of hydrogen-bond donors (Lipinski definition) is 0. The second-order valence-electron chi connectivity index (χ2n) is 4.22. The molecule has 0 bridgehead atoms. The third-order valence-electron chi connectivity index (χ3n) is 3.03. The highest BCUT2D eigenvalue weighted by Crippen LogP contribution is 2.31. The zero-order chi connectivity index (χ0) is 13.2. The molecule has 0 aromatic heterocycles. The van der Waals surface area contributed by atoms with Gasteiger partial charge in [0.1, 0.15) is 11.5 Å². The quantitative estimate of drug-likeness (QED) is 0.769. The van der Waals surface area contributed by atoms with Crippen LogP contribution in [0.3, 0.4) is 0 Å². The van der Waals surface area contributed by atoms with E-state index in [1.54, 1.807) is 13.2 Å². The molecule has 0 N–H and O–H groups in total. The van der Waals surface area contributed by atoms with Gasteiger partial charge in [-0.2, -0.15) is 0 Å². The van der Waals surface area contributed by atoms with Gasteiger partial charge in [0.05, 0.1) is 12.7 Å². The van der Waals surface area contributed by atoms with Gasteiger partial charge in [0.15, 0.2) is 0 Å². The number of carbonyl (C=O) groups excluding carboxylic acids is 1. The van der Waals surface area contributed by atoms with Gasteiger partial charge in [0, 0.05) is 5.56 Å². The molecule has 2 aromatic carbocycles. The van der Waals surface area contributed by atoms with Crippen molar-refractivity contribution in [1.82, 2.24) is 0 Å². The Morgan fingerprint density at radius 2 is 1.68 bits per heavy atom. The molecule has 0 radical (unpaired) electrons. The Morgan fingerprint density at radius 3 is 2.37 bits per heavy atom. The number of carbonyl (C=O) groups is 1. The molecule has 1 aliphatic rings. The second kappa shape index (κ2) is 4.61. The number of benzene rings is 2. The van der Waals surface area contributed by atoms with Gasteiger partial charge in [-0.05, 0) is 29.8 Å². The Hall–Kier alpha value is -2.55. The van der Waals surface area contributed by atoms with Crippen LogP contribution < -0.4 is 4.74 Å². The highest BCUT2D eigenvalue weighted by Gasteiger charge is 2.25. The topological polar surface area (TPSA) is 35.5 Å². The van der Waals surface area contributed by atoms with Crippen LogP contribution in [0.1, 0.15) is 21.5 Å². The Morgan fingerprint density at radius 1 is 1.00 bits per heavy atom. The molecule has 3 rings (SSSR count). The summed E-state index contributed by atoms with van der Waals surface area (Å²) in [5, 5.41) is 0. The van der Waals surface area contributed by atoms with Crippen LogP contribution in [0.15, 0.2) is 48.5 Å². The van der Waals surface area contributed by atoms with Crippen LogP contribution in [0, 0.1) is 0 Å². The lowest BCUT2D eigenvalue weighted by atomic mass is 10.1. The molecule has 94 valence electrons. The lowest BCUT2D eigenvalue weighted by molar-refractivity contribution is 0.0717. The van der Waals surface area contributed by atoms with Crippen molar-refractivity contribution < 1.29 is 14.3 Å². The summed E-state index contributed by atoms with van der Waals surface area (Å²) in [6.07, 6.45) is 1.85. The van der Waals surface area contributed by atoms with Gasteiger partial charge in [0.25, 0.3) is 0 Å². The van der Waals surface area contributed by atoms with Crippen molar-refractivity contribution in [2.24, 2.45) is 0 Å². The van der Waals surface area contributed by atoms with Crippen molar-refractivity contribution in [2.75, 3.05) is 7.11 Å². The number of fused-ring (bicyclic) bond motifs is 1. The van der Waals surface area contributed by atoms with E-state index in [1.165, 1.54) is 0 Å². The van der Waals surface area contributed by atoms with Crippen molar-refractivity contribution >= 4 is 17.8 Å².